The van der Waals surface area contributed by atoms with E-state index in [9.17, 15) is 4.79 Å². The van der Waals surface area contributed by atoms with E-state index in [2.05, 4.69) is 39.7 Å². The largest absolute Gasteiger partial charge is 0.368 e. The van der Waals surface area contributed by atoms with Gasteiger partial charge in [-0.3, -0.25) is 9.36 Å². The summed E-state index contributed by atoms with van der Waals surface area (Å²) in [6, 6.07) is 18.2. The number of hydrogen-bond acceptors (Lipinski definition) is 5. The van der Waals surface area contributed by atoms with Crippen LogP contribution in [0, 0.1) is 6.92 Å². The molecule has 0 amide bonds. The Kier molecular flexibility index (Phi) is 4.93. The molecule has 6 heteroatoms. The summed E-state index contributed by atoms with van der Waals surface area (Å²) in [5, 5.41) is 6.52. The van der Waals surface area contributed by atoms with Crippen molar-refractivity contribution in [3.8, 4) is 0 Å². The fraction of sp³-hybridized carbons (Fsp3) is 0.227. The lowest BCUT2D eigenvalue weighted by Gasteiger charge is -2.13. The molecular formula is C22H23N5O. The van der Waals surface area contributed by atoms with Crippen molar-refractivity contribution in [1.82, 2.24) is 9.55 Å². The van der Waals surface area contributed by atoms with Crippen LogP contribution >= 0.6 is 0 Å². The Hall–Kier alpha value is -3.41. The molecule has 4 rings (SSSR count). The second-order valence-electron chi connectivity index (χ2n) is 6.94. The van der Waals surface area contributed by atoms with Gasteiger partial charge in [0.05, 0.1) is 5.71 Å². The van der Waals surface area contributed by atoms with E-state index < -0.39 is 0 Å². The van der Waals surface area contributed by atoms with Crippen molar-refractivity contribution in [2.24, 2.45) is 12.0 Å². The highest BCUT2D eigenvalue weighted by Gasteiger charge is 2.18. The number of nitrogens with one attached hydrogen (secondary N) is 2. The molecule has 6 nitrogen and oxygen atoms in total. The molecule has 0 bridgehead atoms. The van der Waals surface area contributed by atoms with E-state index in [1.54, 1.807) is 7.05 Å². The van der Waals surface area contributed by atoms with Gasteiger partial charge < -0.3 is 10.6 Å². The molecule has 0 atom stereocenters. The summed E-state index contributed by atoms with van der Waals surface area (Å²) in [5.41, 5.74) is 4.45. The minimum Gasteiger partial charge on any atom is -0.368 e. The number of benzene rings is 2. The van der Waals surface area contributed by atoms with Crippen LogP contribution in [0.3, 0.4) is 0 Å². The predicted molar refractivity (Wildman–Crippen MR) is 114 cm³/mol. The maximum atomic E-state index is 13.0. The molecule has 142 valence electrons. The molecule has 2 N–H and O–H groups in total. The molecule has 1 aliphatic heterocycles. The third kappa shape index (κ3) is 3.67. The molecule has 3 aromatic rings. The van der Waals surface area contributed by atoms with Crippen molar-refractivity contribution in [1.29, 1.82) is 0 Å². The summed E-state index contributed by atoms with van der Waals surface area (Å²) in [5.74, 6) is 1.05. The smallest absolute Gasteiger partial charge is 0.282 e. The Balaban J connectivity index is 1.67. The van der Waals surface area contributed by atoms with Crippen LogP contribution in [0.15, 0.2) is 64.4 Å². The Morgan fingerprint density at radius 3 is 2.61 bits per heavy atom. The van der Waals surface area contributed by atoms with Gasteiger partial charge in [-0.25, -0.2) is 4.99 Å². The normalized spacial score (nSPS) is 13.1. The highest BCUT2D eigenvalue weighted by Crippen LogP contribution is 2.25. The molecule has 0 unspecified atom stereocenters. The van der Waals surface area contributed by atoms with Crippen LogP contribution in [-0.4, -0.2) is 21.8 Å². The molecule has 1 aromatic heterocycles. The topological polar surface area (TPSA) is 71.3 Å². The Morgan fingerprint density at radius 2 is 1.86 bits per heavy atom. The lowest BCUT2D eigenvalue weighted by molar-refractivity contribution is 0.823. The molecule has 28 heavy (non-hydrogen) atoms. The van der Waals surface area contributed by atoms with E-state index in [1.165, 1.54) is 10.1 Å². The van der Waals surface area contributed by atoms with Crippen LogP contribution in [0.4, 0.5) is 17.5 Å². The zero-order chi connectivity index (χ0) is 19.5. The fourth-order valence-corrected chi connectivity index (χ4v) is 3.19. The van der Waals surface area contributed by atoms with Crippen molar-refractivity contribution in [3.63, 3.8) is 0 Å². The number of anilines is 2. The van der Waals surface area contributed by atoms with Gasteiger partial charge in [-0.2, -0.15) is 4.98 Å². The minimum absolute atomic E-state index is 0.167. The first-order chi connectivity index (χ1) is 13.6. The number of aliphatic imine (C=N–C) groups is 1. The quantitative estimate of drug-likeness (QED) is 0.732. The highest BCUT2D eigenvalue weighted by molar-refractivity contribution is 6.03. The van der Waals surface area contributed by atoms with Gasteiger partial charge in [0.2, 0.25) is 5.95 Å². The van der Waals surface area contributed by atoms with Crippen molar-refractivity contribution in [2.75, 3.05) is 17.2 Å². The van der Waals surface area contributed by atoms with Crippen molar-refractivity contribution >= 4 is 23.2 Å². The molecule has 2 aromatic carbocycles. The zero-order valence-corrected chi connectivity index (χ0v) is 16.1. The van der Waals surface area contributed by atoms with E-state index in [-0.39, 0.29) is 5.56 Å². The van der Waals surface area contributed by atoms with E-state index >= 15 is 0 Å². The Morgan fingerprint density at radius 1 is 1.11 bits per heavy atom. The molecular weight excluding hydrogens is 350 g/mol. The summed E-state index contributed by atoms with van der Waals surface area (Å²) in [6.45, 7) is 3.33. The van der Waals surface area contributed by atoms with Crippen molar-refractivity contribution in [2.45, 2.75) is 19.9 Å². The van der Waals surface area contributed by atoms with Crippen molar-refractivity contribution in [3.05, 3.63) is 81.6 Å². The molecule has 1 aliphatic rings. The SMILES string of the molecule is Cc1ccc(C2=Nc3c(nc(NCc4ccccc4)n(C)c3=O)NCC2)cc1. The summed E-state index contributed by atoms with van der Waals surface area (Å²) < 4.78 is 1.52. The van der Waals surface area contributed by atoms with Crippen LogP contribution in [0.1, 0.15) is 23.1 Å². The molecule has 0 saturated carbocycles. The first-order valence-electron chi connectivity index (χ1n) is 9.39. The molecule has 0 saturated heterocycles. The van der Waals surface area contributed by atoms with Gasteiger partial charge in [-0.1, -0.05) is 60.2 Å². The van der Waals surface area contributed by atoms with Crippen molar-refractivity contribution < 1.29 is 0 Å². The third-order valence-corrected chi connectivity index (χ3v) is 4.85. The highest BCUT2D eigenvalue weighted by atomic mass is 16.1. The first-order valence-corrected chi connectivity index (χ1v) is 9.39. The van der Waals surface area contributed by atoms with Crippen LogP contribution < -0.4 is 16.2 Å². The number of nitrogens with zero attached hydrogens (tertiary/aromatic N) is 3. The van der Waals surface area contributed by atoms with Crippen LogP contribution in [0.2, 0.25) is 0 Å². The summed E-state index contributed by atoms with van der Waals surface area (Å²) in [7, 11) is 1.72. The number of rotatable bonds is 4. The maximum absolute atomic E-state index is 13.0. The lowest BCUT2D eigenvalue weighted by Crippen LogP contribution is -2.23. The number of hydrogen-bond donors (Lipinski definition) is 2. The Labute approximate surface area is 164 Å². The van der Waals surface area contributed by atoms with Crippen LogP contribution in [0.5, 0.6) is 0 Å². The second-order valence-corrected chi connectivity index (χ2v) is 6.94. The first kappa shape index (κ1) is 18.0. The standard InChI is InChI=1S/C22H23N5O/c1-15-8-10-17(11-9-15)18-12-13-23-20-19(25-18)21(28)27(2)22(26-20)24-14-16-6-4-3-5-7-16/h3-11,23H,12-14H2,1-2H3,(H,24,26). The van der Waals surface area contributed by atoms with E-state index in [4.69, 9.17) is 0 Å². The van der Waals surface area contributed by atoms with Gasteiger partial charge >= 0.3 is 0 Å². The average molecular weight is 373 g/mol. The number of aryl methyl sites for hydroxylation is 1. The molecule has 0 fully saturated rings. The maximum Gasteiger partial charge on any atom is 0.282 e. The molecule has 0 radical (unpaired) electrons. The summed E-state index contributed by atoms with van der Waals surface area (Å²) in [4.78, 5) is 22.3. The second kappa shape index (κ2) is 7.68. The average Bonchev–Trinajstić information content (AvgIpc) is 2.94. The minimum atomic E-state index is -0.167. The lowest BCUT2D eigenvalue weighted by atomic mass is 10.1. The van der Waals surface area contributed by atoms with Gasteiger partial charge in [0.15, 0.2) is 11.5 Å². The third-order valence-electron chi connectivity index (χ3n) is 4.85. The monoisotopic (exact) mass is 373 g/mol. The fourth-order valence-electron chi connectivity index (χ4n) is 3.19. The van der Waals surface area contributed by atoms with Gasteiger partial charge in [0.1, 0.15) is 0 Å². The molecule has 0 spiro atoms. The molecule has 0 aliphatic carbocycles. The molecule has 2 heterocycles. The van der Waals surface area contributed by atoms with Gasteiger partial charge in [0, 0.05) is 26.6 Å². The summed E-state index contributed by atoms with van der Waals surface area (Å²) >= 11 is 0. The Bertz CT molecular complexity index is 1070. The van der Waals surface area contributed by atoms with Gasteiger partial charge in [-0.05, 0) is 18.1 Å². The van der Waals surface area contributed by atoms with Crippen LogP contribution in [0.25, 0.3) is 0 Å². The predicted octanol–water partition coefficient (Wildman–Crippen LogP) is 3.64. The van der Waals surface area contributed by atoms with E-state index in [0.29, 0.717) is 30.5 Å². The van der Waals surface area contributed by atoms with Crippen LogP contribution in [-0.2, 0) is 13.6 Å². The zero-order valence-electron chi connectivity index (χ0n) is 16.1. The number of aromatic nitrogens is 2. The number of fused-ring (bicyclic) bond motifs is 1. The van der Waals surface area contributed by atoms with E-state index in [1.807, 2.05) is 42.5 Å². The van der Waals surface area contributed by atoms with Gasteiger partial charge in [0.25, 0.3) is 5.56 Å². The van der Waals surface area contributed by atoms with E-state index in [0.717, 1.165) is 23.3 Å². The summed E-state index contributed by atoms with van der Waals surface area (Å²) in [6.07, 6.45) is 0.732. The van der Waals surface area contributed by atoms with Gasteiger partial charge in [-0.15, -0.1) is 0 Å².